The van der Waals surface area contributed by atoms with Gasteiger partial charge in [0.1, 0.15) is 0 Å². The molecule has 0 fully saturated rings. The van der Waals surface area contributed by atoms with Gasteiger partial charge >= 0.3 is 0 Å². The lowest BCUT2D eigenvalue weighted by atomic mass is 9.72. The molecule has 0 aliphatic heterocycles. The molecule has 4 nitrogen and oxygen atoms in total. The molecule has 174 valence electrons. The van der Waals surface area contributed by atoms with Gasteiger partial charge in [-0.1, -0.05) is 74.3 Å². The van der Waals surface area contributed by atoms with E-state index in [2.05, 4.69) is 11.9 Å². The molecular formula is C26H33Cl2NO3. The molecule has 2 aromatic carbocycles. The lowest BCUT2D eigenvalue weighted by molar-refractivity contribution is -0.132. The summed E-state index contributed by atoms with van der Waals surface area (Å²) >= 11 is 12.3. The second-order valence-electron chi connectivity index (χ2n) is 8.92. The van der Waals surface area contributed by atoms with Gasteiger partial charge in [0.15, 0.2) is 0 Å². The average molecular weight is 478 g/mol. The number of benzene rings is 2. The molecular weight excluding hydrogens is 445 g/mol. The molecule has 0 heterocycles. The number of carbonyl (C=O) groups excluding carboxylic acids is 1. The normalized spacial score (nSPS) is 16.1. The standard InChI is InChI=1S/C26H33Cl2NO3/c1-5-13-26(4,25(32)29-23(16-30)17(2)3)15-22(19-7-6-8-21(28)14-19)24(31)18-9-11-20(27)12-10-18/h5-12,14,17,22-24,30-31H,1,13,15-16H2,2-4H3,(H,29,32). The molecule has 0 saturated heterocycles. The molecule has 4 atom stereocenters. The molecule has 0 spiro atoms. The Morgan fingerprint density at radius 2 is 1.78 bits per heavy atom. The van der Waals surface area contributed by atoms with E-state index in [1.165, 1.54) is 0 Å². The average Bonchev–Trinajstić information content (AvgIpc) is 2.75. The highest BCUT2D eigenvalue weighted by molar-refractivity contribution is 6.30. The van der Waals surface area contributed by atoms with Gasteiger partial charge in [0.25, 0.3) is 0 Å². The second-order valence-corrected chi connectivity index (χ2v) is 9.79. The number of aliphatic hydroxyl groups is 2. The quantitative estimate of drug-likeness (QED) is 0.352. The van der Waals surface area contributed by atoms with Gasteiger partial charge in [-0.05, 0) is 54.2 Å². The van der Waals surface area contributed by atoms with Crippen LogP contribution >= 0.6 is 23.2 Å². The minimum Gasteiger partial charge on any atom is -0.394 e. The van der Waals surface area contributed by atoms with E-state index in [0.29, 0.717) is 28.5 Å². The largest absolute Gasteiger partial charge is 0.394 e. The highest BCUT2D eigenvalue weighted by atomic mass is 35.5. The monoisotopic (exact) mass is 477 g/mol. The van der Waals surface area contributed by atoms with Crippen molar-refractivity contribution >= 4 is 29.1 Å². The topological polar surface area (TPSA) is 69.6 Å². The minimum atomic E-state index is -0.874. The van der Waals surface area contributed by atoms with Crippen molar-refractivity contribution in [2.75, 3.05) is 6.61 Å². The van der Waals surface area contributed by atoms with Crippen LogP contribution in [0.25, 0.3) is 0 Å². The summed E-state index contributed by atoms with van der Waals surface area (Å²) in [5.74, 6) is -0.502. The summed E-state index contributed by atoms with van der Waals surface area (Å²) in [5.41, 5.74) is 0.687. The van der Waals surface area contributed by atoms with Gasteiger partial charge in [0.05, 0.1) is 24.2 Å². The van der Waals surface area contributed by atoms with Crippen LogP contribution in [0.4, 0.5) is 0 Å². The van der Waals surface area contributed by atoms with Gasteiger partial charge in [-0.3, -0.25) is 4.79 Å². The first kappa shape index (κ1) is 26.4. The molecule has 0 radical (unpaired) electrons. The number of allylic oxidation sites excluding steroid dienone is 1. The zero-order valence-corrected chi connectivity index (χ0v) is 20.4. The van der Waals surface area contributed by atoms with Gasteiger partial charge in [-0.25, -0.2) is 0 Å². The van der Waals surface area contributed by atoms with E-state index in [9.17, 15) is 15.0 Å². The molecule has 0 aliphatic rings. The zero-order valence-electron chi connectivity index (χ0n) is 18.9. The first-order chi connectivity index (χ1) is 15.1. The van der Waals surface area contributed by atoms with E-state index in [4.69, 9.17) is 23.2 Å². The van der Waals surface area contributed by atoms with E-state index in [0.717, 1.165) is 5.56 Å². The smallest absolute Gasteiger partial charge is 0.226 e. The molecule has 0 bridgehead atoms. The molecule has 1 amide bonds. The number of halogens is 2. The van der Waals surface area contributed by atoms with Crippen LogP contribution in [0.3, 0.4) is 0 Å². The lowest BCUT2D eigenvalue weighted by Gasteiger charge is -2.35. The number of amides is 1. The Balaban J connectivity index is 2.44. The number of hydrogen-bond donors (Lipinski definition) is 3. The Labute approximate surface area is 201 Å². The predicted octanol–water partition coefficient (Wildman–Crippen LogP) is 5.92. The molecule has 0 aromatic heterocycles. The number of aliphatic hydroxyl groups excluding tert-OH is 2. The summed E-state index contributed by atoms with van der Waals surface area (Å²) in [4.78, 5) is 13.4. The van der Waals surface area contributed by atoms with Crippen molar-refractivity contribution in [1.29, 1.82) is 0 Å². The van der Waals surface area contributed by atoms with Crippen molar-refractivity contribution in [3.63, 3.8) is 0 Å². The molecule has 0 saturated carbocycles. The van der Waals surface area contributed by atoms with Gasteiger partial charge < -0.3 is 15.5 Å². The van der Waals surface area contributed by atoms with Gasteiger partial charge in [-0.15, -0.1) is 6.58 Å². The first-order valence-corrected chi connectivity index (χ1v) is 11.6. The highest BCUT2D eigenvalue weighted by Gasteiger charge is 2.39. The number of rotatable bonds is 11. The Morgan fingerprint density at radius 1 is 1.12 bits per heavy atom. The molecule has 6 heteroatoms. The Kier molecular flexibility index (Phi) is 9.78. The van der Waals surface area contributed by atoms with E-state index >= 15 is 0 Å². The number of nitrogens with one attached hydrogen (secondary N) is 1. The van der Waals surface area contributed by atoms with E-state index in [1.54, 1.807) is 36.4 Å². The van der Waals surface area contributed by atoms with Crippen molar-refractivity contribution in [3.05, 3.63) is 82.4 Å². The molecule has 2 rings (SSSR count). The third-order valence-electron chi connectivity index (χ3n) is 6.00. The summed E-state index contributed by atoms with van der Waals surface area (Å²) in [6, 6.07) is 14.0. The lowest BCUT2D eigenvalue weighted by Crippen LogP contribution is -2.48. The summed E-state index contributed by atoms with van der Waals surface area (Å²) in [7, 11) is 0. The van der Waals surface area contributed by atoms with Crippen LogP contribution in [0, 0.1) is 11.3 Å². The predicted molar refractivity (Wildman–Crippen MR) is 132 cm³/mol. The zero-order chi connectivity index (χ0) is 23.9. The molecule has 2 aromatic rings. The van der Waals surface area contributed by atoms with Crippen molar-refractivity contribution in [2.45, 2.75) is 51.7 Å². The van der Waals surface area contributed by atoms with Crippen LogP contribution in [0.5, 0.6) is 0 Å². The van der Waals surface area contributed by atoms with Crippen LogP contribution in [0.1, 0.15) is 56.8 Å². The Bertz CT molecular complexity index is 900. The van der Waals surface area contributed by atoms with E-state index in [-0.39, 0.29) is 24.5 Å². The Hall–Kier alpha value is -1.85. The van der Waals surface area contributed by atoms with E-state index in [1.807, 2.05) is 39.0 Å². The summed E-state index contributed by atoms with van der Waals surface area (Å²) in [6.07, 6.45) is 1.61. The fourth-order valence-electron chi connectivity index (χ4n) is 3.88. The maximum absolute atomic E-state index is 13.4. The third-order valence-corrected chi connectivity index (χ3v) is 6.49. The summed E-state index contributed by atoms with van der Waals surface area (Å²) < 4.78 is 0. The van der Waals surface area contributed by atoms with Crippen molar-refractivity contribution in [1.82, 2.24) is 5.32 Å². The van der Waals surface area contributed by atoms with Crippen molar-refractivity contribution < 1.29 is 15.0 Å². The fraction of sp³-hybridized carbons (Fsp3) is 0.423. The van der Waals surface area contributed by atoms with Gasteiger partial charge in [0.2, 0.25) is 5.91 Å². The maximum atomic E-state index is 13.4. The maximum Gasteiger partial charge on any atom is 0.226 e. The summed E-state index contributed by atoms with van der Waals surface area (Å²) in [5, 5.41) is 25.2. The van der Waals surface area contributed by atoms with E-state index < -0.39 is 17.4 Å². The van der Waals surface area contributed by atoms with Crippen molar-refractivity contribution in [2.24, 2.45) is 11.3 Å². The summed E-state index contributed by atoms with van der Waals surface area (Å²) in [6.45, 7) is 9.47. The first-order valence-electron chi connectivity index (χ1n) is 10.8. The van der Waals surface area contributed by atoms with Crippen LogP contribution < -0.4 is 5.32 Å². The third kappa shape index (κ3) is 6.82. The van der Waals surface area contributed by atoms with Crippen molar-refractivity contribution in [3.8, 4) is 0 Å². The SMILES string of the molecule is C=CCC(C)(CC(c1cccc(Cl)c1)C(O)c1ccc(Cl)cc1)C(=O)NC(CO)C(C)C. The van der Waals surface area contributed by atoms with Crippen LogP contribution in [-0.2, 0) is 4.79 Å². The molecule has 3 N–H and O–H groups in total. The van der Waals surface area contributed by atoms with Gasteiger partial charge in [-0.2, -0.15) is 0 Å². The Morgan fingerprint density at radius 3 is 2.31 bits per heavy atom. The molecule has 4 unspecified atom stereocenters. The minimum absolute atomic E-state index is 0.0836. The number of hydrogen-bond acceptors (Lipinski definition) is 3. The van der Waals surface area contributed by atoms with Crippen LogP contribution in [-0.4, -0.2) is 28.8 Å². The fourth-order valence-corrected chi connectivity index (χ4v) is 4.20. The molecule has 0 aliphatic carbocycles. The molecule has 32 heavy (non-hydrogen) atoms. The second kappa shape index (κ2) is 11.9. The number of carbonyl (C=O) groups is 1. The van der Waals surface area contributed by atoms with Crippen LogP contribution in [0.2, 0.25) is 10.0 Å². The highest BCUT2D eigenvalue weighted by Crippen LogP contribution is 2.43. The van der Waals surface area contributed by atoms with Gasteiger partial charge in [0, 0.05) is 16.0 Å². The van der Waals surface area contributed by atoms with Crippen LogP contribution in [0.15, 0.2) is 61.2 Å².